The van der Waals surface area contributed by atoms with E-state index in [1.807, 2.05) is 13.8 Å². The summed E-state index contributed by atoms with van der Waals surface area (Å²) < 4.78 is 10.4. The SMILES string of the molecule is CCOC(C)(CC(C)(C)OC)C(=O)O. The topological polar surface area (TPSA) is 55.8 Å². The van der Waals surface area contributed by atoms with Crippen LogP contribution in [0.4, 0.5) is 0 Å². The molecule has 0 aromatic carbocycles. The third kappa shape index (κ3) is 3.64. The Morgan fingerprint density at radius 2 is 1.86 bits per heavy atom. The molecular formula is C10H20O4. The lowest BCUT2D eigenvalue weighted by Gasteiger charge is -2.33. The molecule has 1 atom stereocenters. The molecule has 84 valence electrons. The van der Waals surface area contributed by atoms with Crippen LogP contribution in [0.2, 0.25) is 0 Å². The number of aliphatic carboxylic acids is 1. The van der Waals surface area contributed by atoms with Gasteiger partial charge in [0.05, 0.1) is 5.60 Å². The molecular weight excluding hydrogens is 184 g/mol. The van der Waals surface area contributed by atoms with Crippen LogP contribution in [0.5, 0.6) is 0 Å². The first kappa shape index (κ1) is 13.4. The van der Waals surface area contributed by atoms with E-state index in [-0.39, 0.29) is 0 Å². The van der Waals surface area contributed by atoms with E-state index in [0.717, 1.165) is 0 Å². The van der Waals surface area contributed by atoms with Crippen molar-refractivity contribution >= 4 is 5.97 Å². The van der Waals surface area contributed by atoms with Gasteiger partial charge in [0.15, 0.2) is 5.60 Å². The highest BCUT2D eigenvalue weighted by Gasteiger charge is 2.39. The van der Waals surface area contributed by atoms with Gasteiger partial charge in [0.2, 0.25) is 0 Å². The number of hydrogen-bond acceptors (Lipinski definition) is 3. The highest BCUT2D eigenvalue weighted by atomic mass is 16.5. The minimum absolute atomic E-state index is 0.319. The van der Waals surface area contributed by atoms with Gasteiger partial charge >= 0.3 is 5.97 Å². The van der Waals surface area contributed by atoms with Gasteiger partial charge in [0, 0.05) is 20.1 Å². The molecule has 4 nitrogen and oxygen atoms in total. The Balaban J connectivity index is 4.60. The Kier molecular flexibility index (Phi) is 4.55. The Hall–Kier alpha value is -0.610. The van der Waals surface area contributed by atoms with E-state index in [1.54, 1.807) is 21.0 Å². The highest BCUT2D eigenvalue weighted by Crippen LogP contribution is 2.26. The predicted octanol–water partition coefficient (Wildman–Crippen LogP) is 1.68. The van der Waals surface area contributed by atoms with E-state index in [9.17, 15) is 4.79 Å². The molecule has 14 heavy (non-hydrogen) atoms. The van der Waals surface area contributed by atoms with Crippen molar-refractivity contribution in [3.63, 3.8) is 0 Å². The van der Waals surface area contributed by atoms with E-state index in [4.69, 9.17) is 14.6 Å². The zero-order valence-electron chi connectivity index (χ0n) is 9.59. The maximum atomic E-state index is 11.0. The fourth-order valence-electron chi connectivity index (χ4n) is 1.39. The van der Waals surface area contributed by atoms with Gasteiger partial charge in [-0.05, 0) is 27.7 Å². The zero-order valence-corrected chi connectivity index (χ0v) is 9.59. The Morgan fingerprint density at radius 1 is 1.36 bits per heavy atom. The third-order valence-corrected chi connectivity index (χ3v) is 2.23. The molecule has 0 radical (unpaired) electrons. The normalized spacial score (nSPS) is 16.4. The van der Waals surface area contributed by atoms with Gasteiger partial charge in [-0.15, -0.1) is 0 Å². The molecule has 0 rings (SSSR count). The number of carbonyl (C=O) groups is 1. The second kappa shape index (κ2) is 4.75. The lowest BCUT2D eigenvalue weighted by atomic mass is 9.90. The van der Waals surface area contributed by atoms with Gasteiger partial charge in [0.25, 0.3) is 0 Å². The molecule has 0 aromatic rings. The first-order chi connectivity index (χ1) is 6.27. The minimum Gasteiger partial charge on any atom is -0.479 e. The van der Waals surface area contributed by atoms with Crippen LogP contribution in [-0.2, 0) is 14.3 Å². The highest BCUT2D eigenvalue weighted by molar-refractivity contribution is 5.77. The zero-order chi connectivity index (χ0) is 11.4. The molecule has 4 heteroatoms. The van der Waals surface area contributed by atoms with Crippen molar-refractivity contribution in [2.24, 2.45) is 0 Å². The monoisotopic (exact) mass is 204 g/mol. The van der Waals surface area contributed by atoms with Gasteiger partial charge in [-0.25, -0.2) is 4.79 Å². The minimum atomic E-state index is -1.17. The maximum Gasteiger partial charge on any atom is 0.335 e. The van der Waals surface area contributed by atoms with Crippen LogP contribution < -0.4 is 0 Å². The summed E-state index contributed by atoms with van der Waals surface area (Å²) in [6.07, 6.45) is 0.319. The van der Waals surface area contributed by atoms with E-state index in [2.05, 4.69) is 0 Å². The molecule has 0 aliphatic carbocycles. The summed E-state index contributed by atoms with van der Waals surface area (Å²) in [6.45, 7) is 7.41. The summed E-state index contributed by atoms with van der Waals surface area (Å²) in [5, 5.41) is 9.04. The molecule has 0 fully saturated rings. The summed E-state index contributed by atoms with van der Waals surface area (Å²) in [5.41, 5.74) is -1.67. The summed E-state index contributed by atoms with van der Waals surface area (Å²) in [5.74, 6) is -0.954. The standard InChI is InChI=1S/C10H20O4/c1-6-14-10(4,8(11)12)7-9(2,3)13-5/h6-7H2,1-5H3,(H,11,12). The molecule has 0 aromatic heterocycles. The van der Waals surface area contributed by atoms with Gasteiger partial charge in [-0.1, -0.05) is 0 Å². The molecule has 1 unspecified atom stereocenters. The molecule has 0 aliphatic heterocycles. The third-order valence-electron chi connectivity index (χ3n) is 2.23. The summed E-state index contributed by atoms with van der Waals surface area (Å²) in [4.78, 5) is 11.0. The van der Waals surface area contributed by atoms with Crippen LogP contribution in [0.3, 0.4) is 0 Å². The first-order valence-corrected chi connectivity index (χ1v) is 4.70. The van der Waals surface area contributed by atoms with Crippen molar-refractivity contribution in [2.75, 3.05) is 13.7 Å². The van der Waals surface area contributed by atoms with Crippen molar-refractivity contribution in [3.8, 4) is 0 Å². The van der Waals surface area contributed by atoms with Crippen molar-refractivity contribution in [3.05, 3.63) is 0 Å². The van der Waals surface area contributed by atoms with E-state index >= 15 is 0 Å². The number of carboxylic acid groups (broad SMARTS) is 1. The second-order valence-corrected chi connectivity index (χ2v) is 4.11. The average molecular weight is 204 g/mol. The summed E-state index contributed by atoms with van der Waals surface area (Å²) >= 11 is 0. The number of hydrogen-bond donors (Lipinski definition) is 1. The van der Waals surface area contributed by atoms with Crippen LogP contribution in [0.25, 0.3) is 0 Å². The maximum absolute atomic E-state index is 11.0. The van der Waals surface area contributed by atoms with Gasteiger partial charge < -0.3 is 14.6 Å². The molecule has 0 bridgehead atoms. The van der Waals surface area contributed by atoms with E-state index in [1.165, 1.54) is 0 Å². The molecule has 0 aliphatic rings. The largest absolute Gasteiger partial charge is 0.479 e. The van der Waals surface area contributed by atoms with Gasteiger partial charge in [0.1, 0.15) is 0 Å². The fraction of sp³-hybridized carbons (Fsp3) is 0.900. The van der Waals surface area contributed by atoms with Crippen molar-refractivity contribution < 1.29 is 19.4 Å². The second-order valence-electron chi connectivity index (χ2n) is 4.11. The van der Waals surface area contributed by atoms with Gasteiger partial charge in [-0.2, -0.15) is 0 Å². The Morgan fingerprint density at radius 3 is 2.14 bits per heavy atom. The number of rotatable bonds is 6. The van der Waals surface area contributed by atoms with Crippen molar-refractivity contribution in [1.29, 1.82) is 0 Å². The Labute approximate surface area is 85.2 Å². The number of ether oxygens (including phenoxy) is 2. The van der Waals surface area contributed by atoms with E-state index < -0.39 is 17.2 Å². The molecule has 0 spiro atoms. The average Bonchev–Trinajstić information content (AvgIpc) is 2.03. The van der Waals surface area contributed by atoms with Crippen molar-refractivity contribution in [1.82, 2.24) is 0 Å². The van der Waals surface area contributed by atoms with Crippen LogP contribution >= 0.6 is 0 Å². The molecule has 0 saturated heterocycles. The molecule has 0 heterocycles. The Bertz CT molecular complexity index is 200. The number of methoxy groups -OCH3 is 1. The molecule has 1 N–H and O–H groups in total. The first-order valence-electron chi connectivity index (χ1n) is 4.70. The van der Waals surface area contributed by atoms with Crippen molar-refractivity contribution in [2.45, 2.75) is 45.3 Å². The number of carboxylic acids is 1. The quantitative estimate of drug-likeness (QED) is 0.715. The lowest BCUT2D eigenvalue weighted by Crippen LogP contribution is -2.45. The predicted molar refractivity (Wildman–Crippen MR) is 53.4 cm³/mol. The smallest absolute Gasteiger partial charge is 0.335 e. The summed E-state index contributed by atoms with van der Waals surface area (Å²) in [6, 6.07) is 0. The lowest BCUT2D eigenvalue weighted by molar-refractivity contribution is -0.171. The van der Waals surface area contributed by atoms with Crippen LogP contribution in [0, 0.1) is 0 Å². The van der Waals surface area contributed by atoms with Crippen LogP contribution in [-0.4, -0.2) is 36.0 Å². The molecule has 0 saturated carbocycles. The van der Waals surface area contributed by atoms with Crippen LogP contribution in [0.15, 0.2) is 0 Å². The molecule has 0 amide bonds. The summed E-state index contributed by atoms with van der Waals surface area (Å²) in [7, 11) is 1.56. The van der Waals surface area contributed by atoms with Gasteiger partial charge in [-0.3, -0.25) is 0 Å². The fourth-order valence-corrected chi connectivity index (χ4v) is 1.39. The van der Waals surface area contributed by atoms with E-state index in [0.29, 0.717) is 13.0 Å². The van der Waals surface area contributed by atoms with Crippen LogP contribution in [0.1, 0.15) is 34.1 Å².